The molecule has 15 heavy (non-hydrogen) atoms. The summed E-state index contributed by atoms with van der Waals surface area (Å²) in [6, 6.07) is 7.35. The maximum atomic E-state index is 11.2. The number of benzene rings is 1. The zero-order valence-electron chi connectivity index (χ0n) is 8.16. The highest BCUT2D eigenvalue weighted by Crippen LogP contribution is 2.09. The molecular formula is C8H12N2O4S. The molecule has 7 heteroatoms. The Morgan fingerprint density at radius 1 is 1.27 bits per heavy atom. The Kier molecular flexibility index (Phi) is 5.50. The molecule has 0 aliphatic rings. The van der Waals surface area contributed by atoms with Crippen LogP contribution in [0.3, 0.4) is 0 Å². The highest BCUT2D eigenvalue weighted by molar-refractivity contribution is 7.91. The molecule has 0 aromatic heterocycles. The molecule has 0 atom stereocenters. The number of nitro groups is 1. The molecule has 0 radical (unpaired) electrons. The molecule has 0 saturated carbocycles. The van der Waals surface area contributed by atoms with Crippen molar-refractivity contribution in [3.8, 4) is 0 Å². The Hall–Kier alpha value is -1.47. The van der Waals surface area contributed by atoms with E-state index in [-0.39, 0.29) is 4.90 Å². The Bertz CT molecular complexity index is 402. The summed E-state index contributed by atoms with van der Waals surface area (Å²) in [4.78, 5) is 9.13. The van der Waals surface area contributed by atoms with Crippen LogP contribution in [0.1, 0.15) is 0 Å². The van der Waals surface area contributed by atoms with Crippen LogP contribution in [-0.2, 0) is 9.84 Å². The maximum absolute atomic E-state index is 11.2. The third-order valence-corrected chi connectivity index (χ3v) is 2.92. The molecule has 2 N–H and O–H groups in total. The predicted molar refractivity (Wildman–Crippen MR) is 55.6 cm³/mol. The molecule has 0 saturated heterocycles. The molecule has 0 spiro atoms. The van der Waals surface area contributed by atoms with Crippen molar-refractivity contribution in [2.45, 2.75) is 4.90 Å². The molecule has 84 valence electrons. The normalized spacial score (nSPS) is 10.0. The van der Waals surface area contributed by atoms with Crippen molar-refractivity contribution in [3.63, 3.8) is 0 Å². The molecule has 0 unspecified atom stereocenters. The quantitative estimate of drug-likeness (QED) is 0.595. The van der Waals surface area contributed by atoms with E-state index in [9.17, 15) is 18.5 Å². The zero-order valence-corrected chi connectivity index (χ0v) is 8.98. The van der Waals surface area contributed by atoms with Crippen LogP contribution in [0.5, 0.6) is 0 Å². The van der Waals surface area contributed by atoms with Crippen LogP contribution in [0, 0.1) is 10.1 Å². The molecule has 1 aromatic rings. The Labute approximate surface area is 87.8 Å². The summed E-state index contributed by atoms with van der Waals surface area (Å²) in [5.41, 5.74) is 4.50. The van der Waals surface area contributed by atoms with Gasteiger partial charge in [0.1, 0.15) is 0 Å². The van der Waals surface area contributed by atoms with E-state index in [1.165, 1.54) is 31.3 Å². The predicted octanol–water partition coefficient (Wildman–Crippen LogP) is 0.269. The Morgan fingerprint density at radius 3 is 2.13 bits per heavy atom. The SMILES string of the molecule is CN.O=[N+]([O-])CS(=O)(=O)c1ccccc1. The average molecular weight is 232 g/mol. The van der Waals surface area contributed by atoms with Crippen molar-refractivity contribution in [1.82, 2.24) is 0 Å². The van der Waals surface area contributed by atoms with Gasteiger partial charge in [-0.2, -0.15) is 0 Å². The number of nitrogens with two attached hydrogens (primary N) is 1. The van der Waals surface area contributed by atoms with Gasteiger partial charge in [-0.05, 0) is 19.2 Å². The number of nitrogens with zero attached hydrogens (tertiary/aromatic N) is 1. The van der Waals surface area contributed by atoms with Crippen LogP contribution in [-0.4, -0.2) is 26.3 Å². The summed E-state index contributed by atoms with van der Waals surface area (Å²) in [5.74, 6) is -1.06. The van der Waals surface area contributed by atoms with E-state index in [4.69, 9.17) is 0 Å². The lowest BCUT2D eigenvalue weighted by molar-refractivity contribution is -0.458. The fraction of sp³-hybridized carbons (Fsp3) is 0.250. The molecule has 1 rings (SSSR count). The second kappa shape index (κ2) is 6.10. The number of hydrogen-bond acceptors (Lipinski definition) is 5. The molecule has 1 aromatic carbocycles. The smallest absolute Gasteiger partial charge is 0.305 e. The minimum atomic E-state index is -3.76. The van der Waals surface area contributed by atoms with Crippen LogP contribution < -0.4 is 5.73 Å². The van der Waals surface area contributed by atoms with Gasteiger partial charge in [0.2, 0.25) is 9.84 Å². The molecule has 6 nitrogen and oxygen atoms in total. The molecule has 0 aliphatic carbocycles. The van der Waals surface area contributed by atoms with Crippen LogP contribution in [0.4, 0.5) is 0 Å². The lowest BCUT2D eigenvalue weighted by atomic mass is 10.4. The van der Waals surface area contributed by atoms with Crippen molar-refractivity contribution in [3.05, 3.63) is 40.4 Å². The highest BCUT2D eigenvalue weighted by Gasteiger charge is 2.19. The Balaban J connectivity index is 0.000000921. The van der Waals surface area contributed by atoms with Crippen molar-refractivity contribution >= 4 is 9.84 Å². The summed E-state index contributed by atoms with van der Waals surface area (Å²) in [6.07, 6.45) is 0. The lowest BCUT2D eigenvalue weighted by Gasteiger charge is -1.97. The van der Waals surface area contributed by atoms with Gasteiger partial charge in [-0.25, -0.2) is 8.42 Å². The fourth-order valence-corrected chi connectivity index (χ4v) is 1.84. The summed E-state index contributed by atoms with van der Waals surface area (Å²) in [6.45, 7) is 0. The van der Waals surface area contributed by atoms with Crippen LogP contribution in [0.15, 0.2) is 35.2 Å². The van der Waals surface area contributed by atoms with E-state index < -0.39 is 20.6 Å². The minimum absolute atomic E-state index is 0.0216. The Morgan fingerprint density at radius 2 is 1.73 bits per heavy atom. The van der Waals surface area contributed by atoms with Gasteiger partial charge < -0.3 is 5.73 Å². The van der Waals surface area contributed by atoms with Gasteiger partial charge in [-0.15, -0.1) is 0 Å². The van der Waals surface area contributed by atoms with E-state index in [2.05, 4.69) is 5.73 Å². The highest BCUT2D eigenvalue weighted by atomic mass is 32.2. The van der Waals surface area contributed by atoms with Crippen molar-refractivity contribution in [2.24, 2.45) is 5.73 Å². The molecule has 0 fully saturated rings. The van der Waals surface area contributed by atoms with Crippen molar-refractivity contribution < 1.29 is 13.3 Å². The number of sulfone groups is 1. The van der Waals surface area contributed by atoms with Crippen LogP contribution >= 0.6 is 0 Å². The van der Waals surface area contributed by atoms with E-state index in [1.807, 2.05) is 0 Å². The first-order valence-corrected chi connectivity index (χ1v) is 5.65. The average Bonchev–Trinajstić information content (AvgIpc) is 2.20. The first-order valence-electron chi connectivity index (χ1n) is 4.00. The standard InChI is InChI=1S/C7H7NO4S.CH5N/c9-8(10)6-13(11,12)7-4-2-1-3-5-7;1-2/h1-5H,6H2;2H2,1H3. The van der Waals surface area contributed by atoms with E-state index >= 15 is 0 Å². The molecule has 0 amide bonds. The first kappa shape index (κ1) is 13.5. The van der Waals surface area contributed by atoms with Crippen molar-refractivity contribution in [2.75, 3.05) is 12.9 Å². The van der Waals surface area contributed by atoms with Gasteiger partial charge in [0.25, 0.3) is 0 Å². The van der Waals surface area contributed by atoms with Crippen molar-refractivity contribution in [1.29, 1.82) is 0 Å². The second-order valence-electron chi connectivity index (χ2n) is 2.39. The van der Waals surface area contributed by atoms with Gasteiger partial charge in [-0.3, -0.25) is 10.1 Å². The zero-order chi connectivity index (χ0) is 11.9. The van der Waals surface area contributed by atoms with E-state index in [0.717, 1.165) is 0 Å². The van der Waals surface area contributed by atoms with Gasteiger partial charge in [-0.1, -0.05) is 18.2 Å². The summed E-state index contributed by atoms with van der Waals surface area (Å²) >= 11 is 0. The number of rotatable bonds is 3. The molecule has 0 bridgehead atoms. The molecule has 0 heterocycles. The van der Waals surface area contributed by atoms with Gasteiger partial charge >= 0.3 is 5.88 Å². The first-order chi connectivity index (χ1) is 7.02. The maximum Gasteiger partial charge on any atom is 0.305 e. The monoisotopic (exact) mass is 232 g/mol. The van der Waals surface area contributed by atoms with Crippen LogP contribution in [0.25, 0.3) is 0 Å². The summed E-state index contributed by atoms with van der Waals surface area (Å²) in [5, 5.41) is 10.0. The van der Waals surface area contributed by atoms with Gasteiger partial charge in [0, 0.05) is 4.92 Å². The largest absolute Gasteiger partial charge is 0.333 e. The second-order valence-corrected chi connectivity index (χ2v) is 4.35. The summed E-state index contributed by atoms with van der Waals surface area (Å²) in [7, 11) is -2.26. The third-order valence-electron chi connectivity index (χ3n) is 1.38. The molecule has 0 aliphatic heterocycles. The lowest BCUT2D eigenvalue weighted by Crippen LogP contribution is -2.14. The molecular weight excluding hydrogens is 220 g/mol. The third kappa shape index (κ3) is 4.52. The van der Waals surface area contributed by atoms with Crippen LogP contribution in [0.2, 0.25) is 0 Å². The fourth-order valence-electron chi connectivity index (χ4n) is 0.841. The van der Waals surface area contributed by atoms with Gasteiger partial charge in [0.05, 0.1) is 4.90 Å². The van der Waals surface area contributed by atoms with E-state index in [1.54, 1.807) is 6.07 Å². The van der Waals surface area contributed by atoms with Gasteiger partial charge in [0.15, 0.2) is 0 Å². The van der Waals surface area contributed by atoms with E-state index in [0.29, 0.717) is 0 Å². The number of hydrogen-bond donors (Lipinski definition) is 1. The topological polar surface area (TPSA) is 103 Å². The summed E-state index contributed by atoms with van der Waals surface area (Å²) < 4.78 is 22.4. The minimum Gasteiger partial charge on any atom is -0.333 e.